The first-order valence-electron chi connectivity index (χ1n) is 7.82. The summed E-state index contributed by atoms with van der Waals surface area (Å²) in [6.45, 7) is 1.46. The Labute approximate surface area is 144 Å². The van der Waals surface area contributed by atoms with Crippen LogP contribution >= 0.6 is 0 Å². The Morgan fingerprint density at radius 3 is 2.44 bits per heavy atom. The van der Waals surface area contributed by atoms with Crippen molar-refractivity contribution < 1.29 is 29.1 Å². The third-order valence-electron chi connectivity index (χ3n) is 3.59. The summed E-state index contributed by atoms with van der Waals surface area (Å²) in [5.74, 6) is -3.91. The first-order chi connectivity index (χ1) is 11.7. The van der Waals surface area contributed by atoms with E-state index in [0.29, 0.717) is 13.0 Å². The second-order valence-corrected chi connectivity index (χ2v) is 5.73. The van der Waals surface area contributed by atoms with Crippen LogP contribution in [0.1, 0.15) is 26.2 Å². The van der Waals surface area contributed by atoms with E-state index in [4.69, 9.17) is 10.8 Å². The number of nitrogens with one attached hydrogen (secondary N) is 4. The second-order valence-electron chi connectivity index (χ2n) is 5.73. The minimum atomic E-state index is -1.22. The van der Waals surface area contributed by atoms with Crippen LogP contribution in [0.3, 0.4) is 0 Å². The van der Waals surface area contributed by atoms with E-state index < -0.39 is 60.7 Å². The molecule has 0 spiro atoms. The molecule has 0 saturated carbocycles. The Hall–Kier alpha value is -2.69. The highest BCUT2D eigenvalue weighted by atomic mass is 16.4. The quantitative estimate of drug-likeness (QED) is 0.251. The van der Waals surface area contributed by atoms with Crippen LogP contribution in [0.4, 0.5) is 0 Å². The van der Waals surface area contributed by atoms with Crippen molar-refractivity contribution in [1.82, 2.24) is 21.3 Å². The number of rotatable bonds is 9. The molecule has 3 unspecified atom stereocenters. The van der Waals surface area contributed by atoms with Crippen molar-refractivity contribution in [2.45, 2.75) is 44.3 Å². The van der Waals surface area contributed by atoms with Crippen LogP contribution in [0, 0.1) is 0 Å². The lowest BCUT2D eigenvalue weighted by molar-refractivity contribution is -0.141. The van der Waals surface area contributed by atoms with Gasteiger partial charge in [-0.3, -0.25) is 24.0 Å². The maximum absolute atomic E-state index is 12.1. The molecule has 1 heterocycles. The molecule has 25 heavy (non-hydrogen) atoms. The largest absolute Gasteiger partial charge is 0.480 e. The van der Waals surface area contributed by atoms with E-state index in [1.54, 1.807) is 0 Å². The van der Waals surface area contributed by atoms with Crippen molar-refractivity contribution in [2.24, 2.45) is 5.73 Å². The molecule has 0 aromatic heterocycles. The molecule has 11 heteroatoms. The van der Waals surface area contributed by atoms with Crippen LogP contribution in [-0.2, 0) is 24.0 Å². The summed E-state index contributed by atoms with van der Waals surface area (Å²) in [5.41, 5.74) is 5.09. The molecule has 3 atom stereocenters. The van der Waals surface area contributed by atoms with Crippen molar-refractivity contribution >= 4 is 29.6 Å². The van der Waals surface area contributed by atoms with Gasteiger partial charge in [0.15, 0.2) is 0 Å². The first-order valence-corrected chi connectivity index (χ1v) is 7.82. The highest BCUT2D eigenvalue weighted by Crippen LogP contribution is 2.05. The third-order valence-corrected chi connectivity index (χ3v) is 3.59. The minimum Gasteiger partial charge on any atom is -0.480 e. The van der Waals surface area contributed by atoms with E-state index in [2.05, 4.69) is 21.3 Å². The summed E-state index contributed by atoms with van der Waals surface area (Å²) in [6, 6.07) is -2.76. The fourth-order valence-corrected chi connectivity index (χ4v) is 2.24. The smallest absolute Gasteiger partial charge is 0.325 e. The zero-order valence-electron chi connectivity index (χ0n) is 13.8. The average Bonchev–Trinajstić information content (AvgIpc) is 3.05. The number of carboxylic acids is 1. The Morgan fingerprint density at radius 1 is 1.24 bits per heavy atom. The number of hydrogen-bond acceptors (Lipinski definition) is 6. The topological polar surface area (TPSA) is 180 Å². The molecule has 11 nitrogen and oxygen atoms in total. The predicted molar refractivity (Wildman–Crippen MR) is 85.0 cm³/mol. The summed E-state index contributed by atoms with van der Waals surface area (Å²) in [4.78, 5) is 57.5. The van der Waals surface area contributed by atoms with Gasteiger partial charge in [-0.05, 0) is 26.3 Å². The third kappa shape index (κ3) is 7.16. The molecular formula is C14H23N5O6. The monoisotopic (exact) mass is 357 g/mol. The van der Waals surface area contributed by atoms with Crippen LogP contribution in [0.2, 0.25) is 0 Å². The lowest BCUT2D eigenvalue weighted by Crippen LogP contribution is -2.54. The van der Waals surface area contributed by atoms with Gasteiger partial charge in [0.25, 0.3) is 0 Å². The Kier molecular flexibility index (Phi) is 7.79. The van der Waals surface area contributed by atoms with Crippen LogP contribution in [0.5, 0.6) is 0 Å². The van der Waals surface area contributed by atoms with Crippen molar-refractivity contribution in [2.75, 3.05) is 13.1 Å². The van der Waals surface area contributed by atoms with Gasteiger partial charge in [-0.15, -0.1) is 0 Å². The molecule has 0 bridgehead atoms. The van der Waals surface area contributed by atoms with E-state index in [9.17, 15) is 24.0 Å². The number of carbonyl (C=O) groups is 5. The van der Waals surface area contributed by atoms with Gasteiger partial charge in [-0.2, -0.15) is 0 Å². The molecule has 1 aliphatic heterocycles. The summed E-state index contributed by atoms with van der Waals surface area (Å²) in [6.07, 6.45) is 1.02. The second kappa shape index (κ2) is 9.57. The maximum Gasteiger partial charge on any atom is 0.325 e. The number of hydrogen-bond donors (Lipinski definition) is 6. The molecule has 4 amide bonds. The number of amides is 4. The number of carboxylic acid groups (broad SMARTS) is 1. The fraction of sp³-hybridized carbons (Fsp3) is 0.643. The van der Waals surface area contributed by atoms with Gasteiger partial charge in [-0.1, -0.05) is 0 Å². The van der Waals surface area contributed by atoms with Crippen molar-refractivity contribution in [3.05, 3.63) is 0 Å². The summed E-state index contributed by atoms with van der Waals surface area (Å²) in [7, 11) is 0. The van der Waals surface area contributed by atoms with Gasteiger partial charge in [-0.25, -0.2) is 0 Å². The van der Waals surface area contributed by atoms with E-state index >= 15 is 0 Å². The number of carbonyl (C=O) groups excluding carboxylic acids is 4. The first kappa shape index (κ1) is 20.4. The van der Waals surface area contributed by atoms with Crippen LogP contribution in [0.25, 0.3) is 0 Å². The zero-order valence-corrected chi connectivity index (χ0v) is 13.8. The lowest BCUT2D eigenvalue weighted by atomic mass is 10.1. The molecule has 140 valence electrons. The van der Waals surface area contributed by atoms with Gasteiger partial charge in [0.1, 0.15) is 12.1 Å². The van der Waals surface area contributed by atoms with E-state index in [1.807, 2.05) is 0 Å². The molecule has 1 fully saturated rings. The lowest BCUT2D eigenvalue weighted by Gasteiger charge is -2.19. The standard InChI is InChI=1S/C14H23N5O6/c1-7(14(24)25)18-11(21)6-17-12(22)9(5-10(15)20)19-13(23)8-3-2-4-16-8/h7-9,16H,2-6H2,1H3,(H2,15,20)(H,17,22)(H,18,21)(H,19,23)(H,24,25). The Morgan fingerprint density at radius 2 is 1.92 bits per heavy atom. The van der Waals surface area contributed by atoms with Crippen LogP contribution in [-0.4, -0.2) is 65.9 Å². The van der Waals surface area contributed by atoms with E-state index in [0.717, 1.165) is 6.42 Å². The molecule has 1 saturated heterocycles. The highest BCUT2D eigenvalue weighted by molar-refractivity contribution is 5.95. The van der Waals surface area contributed by atoms with E-state index in [-0.39, 0.29) is 0 Å². The van der Waals surface area contributed by atoms with Crippen molar-refractivity contribution in [3.63, 3.8) is 0 Å². The average molecular weight is 357 g/mol. The Balaban J connectivity index is 2.54. The molecule has 0 radical (unpaired) electrons. The van der Waals surface area contributed by atoms with E-state index in [1.165, 1.54) is 6.92 Å². The summed E-state index contributed by atoms with van der Waals surface area (Å²) < 4.78 is 0. The Bertz CT molecular complexity index is 546. The maximum atomic E-state index is 12.1. The van der Waals surface area contributed by atoms with Gasteiger partial charge in [0.05, 0.1) is 19.0 Å². The molecule has 7 N–H and O–H groups in total. The molecule has 1 aliphatic rings. The number of nitrogens with two attached hydrogens (primary N) is 1. The van der Waals surface area contributed by atoms with Gasteiger partial charge < -0.3 is 32.1 Å². The number of primary amides is 1. The molecular weight excluding hydrogens is 334 g/mol. The highest BCUT2D eigenvalue weighted by Gasteiger charge is 2.28. The fourth-order valence-electron chi connectivity index (χ4n) is 2.24. The SMILES string of the molecule is CC(NC(=O)CNC(=O)C(CC(N)=O)NC(=O)C1CCCN1)C(=O)O. The summed E-state index contributed by atoms with van der Waals surface area (Å²) in [5, 5.41) is 18.5. The van der Waals surface area contributed by atoms with Crippen LogP contribution in [0.15, 0.2) is 0 Å². The predicted octanol–water partition coefficient (Wildman–Crippen LogP) is -3.20. The minimum absolute atomic E-state index is 0.419. The van der Waals surface area contributed by atoms with Crippen LogP contribution < -0.4 is 27.0 Å². The molecule has 0 aliphatic carbocycles. The van der Waals surface area contributed by atoms with Crippen molar-refractivity contribution in [3.8, 4) is 0 Å². The molecule has 1 rings (SSSR count). The van der Waals surface area contributed by atoms with Gasteiger partial charge >= 0.3 is 5.97 Å². The van der Waals surface area contributed by atoms with Gasteiger partial charge in [0.2, 0.25) is 23.6 Å². The van der Waals surface area contributed by atoms with Crippen molar-refractivity contribution in [1.29, 1.82) is 0 Å². The zero-order chi connectivity index (χ0) is 19.0. The normalized spacial score (nSPS) is 18.7. The molecule has 0 aromatic carbocycles. The molecule has 0 aromatic rings. The summed E-state index contributed by atoms with van der Waals surface area (Å²) >= 11 is 0. The van der Waals surface area contributed by atoms with Gasteiger partial charge in [0, 0.05) is 0 Å². The number of aliphatic carboxylic acids is 1.